The number of aliphatic carboxylic acids is 1. The van der Waals surface area contributed by atoms with Crippen molar-refractivity contribution in [2.24, 2.45) is 0 Å². The lowest BCUT2D eigenvalue weighted by Crippen LogP contribution is -2.49. The van der Waals surface area contributed by atoms with Gasteiger partial charge in [0.1, 0.15) is 6.04 Å². The molecule has 17 heavy (non-hydrogen) atoms. The van der Waals surface area contributed by atoms with Crippen molar-refractivity contribution < 1.29 is 19.5 Å². The van der Waals surface area contributed by atoms with Crippen LogP contribution in [0.1, 0.15) is 13.3 Å². The summed E-state index contributed by atoms with van der Waals surface area (Å²) in [5.74, 6) is -1.60. The Kier molecular flexibility index (Phi) is 4.89. The number of hydrogen-bond acceptors (Lipinski definition) is 4. The third-order valence-electron chi connectivity index (χ3n) is 2.46. The van der Waals surface area contributed by atoms with Gasteiger partial charge in [-0.25, -0.2) is 4.79 Å². The Morgan fingerprint density at radius 2 is 2.29 bits per heavy atom. The van der Waals surface area contributed by atoms with Crippen LogP contribution < -0.4 is 10.6 Å². The first kappa shape index (κ1) is 13.4. The summed E-state index contributed by atoms with van der Waals surface area (Å²) >= 11 is 0. The molecule has 0 bridgehead atoms. The Morgan fingerprint density at radius 3 is 2.88 bits per heavy atom. The zero-order valence-corrected chi connectivity index (χ0v) is 9.73. The molecule has 1 heterocycles. The van der Waals surface area contributed by atoms with Gasteiger partial charge in [-0.05, 0) is 6.42 Å². The zero-order valence-electron chi connectivity index (χ0n) is 9.73. The molecule has 0 radical (unpaired) electrons. The molecule has 0 aromatic heterocycles. The molecule has 0 aromatic rings. The molecule has 0 aliphatic carbocycles. The Morgan fingerprint density at radius 1 is 1.59 bits per heavy atom. The molecule has 0 aromatic carbocycles. The van der Waals surface area contributed by atoms with Crippen LogP contribution in [-0.2, 0) is 14.4 Å². The molecule has 1 saturated heterocycles. The normalized spacial score (nSPS) is 19.0. The summed E-state index contributed by atoms with van der Waals surface area (Å²) < 4.78 is 0. The first-order valence-corrected chi connectivity index (χ1v) is 5.48. The van der Waals surface area contributed by atoms with E-state index in [2.05, 4.69) is 10.6 Å². The van der Waals surface area contributed by atoms with Crippen molar-refractivity contribution in [1.29, 1.82) is 0 Å². The van der Waals surface area contributed by atoms with E-state index in [1.54, 1.807) is 4.90 Å². The van der Waals surface area contributed by atoms with Gasteiger partial charge in [0.25, 0.3) is 0 Å². The molecule has 7 heteroatoms. The van der Waals surface area contributed by atoms with E-state index >= 15 is 0 Å². The molecule has 0 spiro atoms. The molecule has 0 saturated carbocycles. The Bertz CT molecular complexity index is 319. The van der Waals surface area contributed by atoms with Crippen LogP contribution in [0.2, 0.25) is 0 Å². The number of amides is 2. The van der Waals surface area contributed by atoms with E-state index in [4.69, 9.17) is 5.11 Å². The van der Waals surface area contributed by atoms with Gasteiger partial charge in [-0.1, -0.05) is 0 Å². The van der Waals surface area contributed by atoms with Crippen molar-refractivity contribution in [2.45, 2.75) is 19.4 Å². The van der Waals surface area contributed by atoms with Crippen molar-refractivity contribution in [3.05, 3.63) is 0 Å². The maximum absolute atomic E-state index is 11.3. The number of carbonyl (C=O) groups excluding carboxylic acids is 2. The summed E-state index contributed by atoms with van der Waals surface area (Å²) in [6, 6.07) is -0.974. The number of hydrogen-bond donors (Lipinski definition) is 3. The van der Waals surface area contributed by atoms with Crippen molar-refractivity contribution in [2.75, 3.05) is 26.2 Å². The highest BCUT2D eigenvalue weighted by Crippen LogP contribution is 1.99. The highest BCUT2D eigenvalue weighted by Gasteiger charge is 2.24. The van der Waals surface area contributed by atoms with Crippen molar-refractivity contribution >= 4 is 17.8 Å². The van der Waals surface area contributed by atoms with Crippen molar-refractivity contribution in [3.63, 3.8) is 0 Å². The number of nitrogens with zero attached hydrogens (tertiary/aromatic N) is 1. The fraction of sp³-hybridized carbons (Fsp3) is 0.700. The average Bonchev–Trinajstić information content (AvgIpc) is 2.41. The molecule has 1 unspecified atom stereocenters. The average molecular weight is 243 g/mol. The maximum atomic E-state index is 11.3. The van der Waals surface area contributed by atoms with Gasteiger partial charge >= 0.3 is 5.97 Å². The molecule has 3 N–H and O–H groups in total. The quantitative estimate of drug-likeness (QED) is 0.552. The summed E-state index contributed by atoms with van der Waals surface area (Å²) in [5.41, 5.74) is 0. The number of carbonyl (C=O) groups is 3. The van der Waals surface area contributed by atoms with Crippen molar-refractivity contribution in [1.82, 2.24) is 15.5 Å². The van der Waals surface area contributed by atoms with E-state index in [1.165, 1.54) is 6.92 Å². The van der Waals surface area contributed by atoms with Crippen LogP contribution >= 0.6 is 0 Å². The third-order valence-corrected chi connectivity index (χ3v) is 2.46. The summed E-state index contributed by atoms with van der Waals surface area (Å²) in [4.78, 5) is 34.8. The van der Waals surface area contributed by atoms with Crippen molar-refractivity contribution in [3.8, 4) is 0 Å². The van der Waals surface area contributed by atoms with Gasteiger partial charge in [-0.2, -0.15) is 0 Å². The van der Waals surface area contributed by atoms with Gasteiger partial charge in [-0.15, -0.1) is 0 Å². The van der Waals surface area contributed by atoms with Gasteiger partial charge in [0.2, 0.25) is 11.8 Å². The fourth-order valence-corrected chi connectivity index (χ4v) is 1.71. The molecule has 2 amide bonds. The summed E-state index contributed by atoms with van der Waals surface area (Å²) in [5, 5.41) is 14.0. The lowest BCUT2D eigenvalue weighted by molar-refractivity contribution is -0.142. The van der Waals surface area contributed by atoms with E-state index in [0.29, 0.717) is 13.1 Å². The second-order valence-electron chi connectivity index (χ2n) is 4.03. The Balaban J connectivity index is 2.55. The van der Waals surface area contributed by atoms with E-state index in [-0.39, 0.29) is 19.0 Å². The van der Waals surface area contributed by atoms with Crippen LogP contribution in [0, 0.1) is 0 Å². The minimum atomic E-state index is -1.09. The first-order chi connectivity index (χ1) is 7.99. The smallest absolute Gasteiger partial charge is 0.327 e. The maximum Gasteiger partial charge on any atom is 0.327 e. The van der Waals surface area contributed by atoms with Crippen LogP contribution in [-0.4, -0.2) is 60.0 Å². The second-order valence-corrected chi connectivity index (χ2v) is 4.03. The topological polar surface area (TPSA) is 98.7 Å². The SMILES string of the molecule is CC(=O)NC(CN1CCCNC(=O)C1)C(=O)O. The highest BCUT2D eigenvalue weighted by atomic mass is 16.4. The van der Waals surface area contributed by atoms with E-state index < -0.39 is 17.9 Å². The summed E-state index contributed by atoms with van der Waals surface area (Å²) in [7, 11) is 0. The summed E-state index contributed by atoms with van der Waals surface area (Å²) in [6.07, 6.45) is 0.776. The fourth-order valence-electron chi connectivity index (χ4n) is 1.71. The zero-order chi connectivity index (χ0) is 12.8. The number of rotatable bonds is 4. The van der Waals surface area contributed by atoms with Gasteiger partial charge in [0.05, 0.1) is 6.54 Å². The van der Waals surface area contributed by atoms with Crippen LogP contribution in [0.25, 0.3) is 0 Å². The third kappa shape index (κ3) is 4.81. The molecule has 1 aliphatic rings. The molecule has 7 nitrogen and oxygen atoms in total. The molecule has 96 valence electrons. The van der Waals surface area contributed by atoms with Gasteiger partial charge < -0.3 is 15.7 Å². The van der Waals surface area contributed by atoms with Gasteiger partial charge in [0, 0.05) is 26.6 Å². The van der Waals surface area contributed by atoms with Gasteiger partial charge in [-0.3, -0.25) is 14.5 Å². The van der Waals surface area contributed by atoms with Crippen LogP contribution in [0.5, 0.6) is 0 Å². The largest absolute Gasteiger partial charge is 0.480 e. The molecular weight excluding hydrogens is 226 g/mol. The molecular formula is C10H17N3O4. The number of carboxylic acids is 1. The predicted octanol–water partition coefficient (Wildman–Crippen LogP) is -1.60. The monoisotopic (exact) mass is 243 g/mol. The lowest BCUT2D eigenvalue weighted by atomic mass is 10.2. The second kappa shape index (κ2) is 6.19. The molecule has 1 fully saturated rings. The molecule has 1 rings (SSSR count). The van der Waals surface area contributed by atoms with Crippen LogP contribution in [0.15, 0.2) is 0 Å². The predicted molar refractivity (Wildman–Crippen MR) is 59.3 cm³/mol. The lowest BCUT2D eigenvalue weighted by Gasteiger charge is -2.23. The summed E-state index contributed by atoms with van der Waals surface area (Å²) in [6.45, 7) is 2.83. The number of carboxylic acid groups (broad SMARTS) is 1. The van der Waals surface area contributed by atoms with E-state index in [9.17, 15) is 14.4 Å². The minimum Gasteiger partial charge on any atom is -0.480 e. The van der Waals surface area contributed by atoms with Gasteiger partial charge in [0.15, 0.2) is 0 Å². The molecule has 1 atom stereocenters. The van der Waals surface area contributed by atoms with Crippen LogP contribution in [0.4, 0.5) is 0 Å². The Labute approximate surface area is 99.2 Å². The molecule has 1 aliphatic heterocycles. The van der Waals surface area contributed by atoms with Crippen LogP contribution in [0.3, 0.4) is 0 Å². The standard InChI is InChI=1S/C10H17N3O4/c1-7(14)12-8(10(16)17)5-13-4-2-3-11-9(15)6-13/h8H,2-6H2,1H3,(H,11,15)(H,12,14)(H,16,17). The Hall–Kier alpha value is -1.63. The highest BCUT2D eigenvalue weighted by molar-refractivity contribution is 5.82. The van der Waals surface area contributed by atoms with E-state index in [0.717, 1.165) is 6.42 Å². The number of nitrogens with one attached hydrogen (secondary N) is 2. The minimum absolute atomic E-state index is 0.116. The first-order valence-electron chi connectivity index (χ1n) is 5.48. The van der Waals surface area contributed by atoms with E-state index in [1.807, 2.05) is 0 Å².